The van der Waals surface area contributed by atoms with Crippen LogP contribution in [0.25, 0.3) is 11.3 Å². The number of carbonyl (C=O) groups is 1. The van der Waals surface area contributed by atoms with Crippen LogP contribution >= 0.6 is 0 Å². The Morgan fingerprint density at radius 3 is 2.65 bits per heavy atom. The maximum atomic E-state index is 12.4. The molecule has 2 N–H and O–H groups in total. The van der Waals surface area contributed by atoms with Crippen LogP contribution in [0.3, 0.4) is 0 Å². The Bertz CT molecular complexity index is 809. The zero-order chi connectivity index (χ0) is 16.2. The number of aromatic amines is 1. The maximum Gasteiger partial charge on any atom is 0.255 e. The van der Waals surface area contributed by atoms with Gasteiger partial charge < -0.3 is 10.2 Å². The molecule has 0 bridgehead atoms. The molecule has 1 heterocycles. The van der Waals surface area contributed by atoms with E-state index < -0.39 is 0 Å². The molecule has 0 aliphatic carbocycles. The summed E-state index contributed by atoms with van der Waals surface area (Å²) in [5.41, 5.74) is 4.25. The summed E-state index contributed by atoms with van der Waals surface area (Å²) in [6.45, 7) is 0. The minimum Gasteiger partial charge on any atom is -0.378 e. The van der Waals surface area contributed by atoms with Crippen LogP contribution in [0, 0.1) is 0 Å². The zero-order valence-corrected chi connectivity index (χ0v) is 13.1. The first kappa shape index (κ1) is 14.8. The molecular formula is C18H18N4O. The first-order valence-electron chi connectivity index (χ1n) is 7.32. The Kier molecular flexibility index (Phi) is 4.10. The average molecular weight is 306 g/mol. The van der Waals surface area contributed by atoms with Gasteiger partial charge in [0.15, 0.2) is 0 Å². The lowest BCUT2D eigenvalue weighted by molar-refractivity contribution is 0.102. The fourth-order valence-electron chi connectivity index (χ4n) is 2.31. The summed E-state index contributed by atoms with van der Waals surface area (Å²) in [5.74, 6) is -0.129. The Morgan fingerprint density at radius 1 is 1.09 bits per heavy atom. The third-order valence-electron chi connectivity index (χ3n) is 3.56. The second-order valence-corrected chi connectivity index (χ2v) is 5.45. The molecule has 116 valence electrons. The Hall–Kier alpha value is -3.08. The number of hydrogen-bond donors (Lipinski definition) is 2. The summed E-state index contributed by atoms with van der Waals surface area (Å²) in [4.78, 5) is 14.4. The molecule has 3 aromatic rings. The molecule has 0 aliphatic rings. The summed E-state index contributed by atoms with van der Waals surface area (Å²) >= 11 is 0. The van der Waals surface area contributed by atoms with Crippen LogP contribution in [0.5, 0.6) is 0 Å². The molecule has 0 saturated carbocycles. The van der Waals surface area contributed by atoms with E-state index >= 15 is 0 Å². The van der Waals surface area contributed by atoms with E-state index in [0.29, 0.717) is 5.56 Å². The zero-order valence-electron chi connectivity index (χ0n) is 13.1. The van der Waals surface area contributed by atoms with Gasteiger partial charge in [0.1, 0.15) is 0 Å². The van der Waals surface area contributed by atoms with Crippen LogP contribution in [0.4, 0.5) is 11.4 Å². The topological polar surface area (TPSA) is 61.0 Å². The van der Waals surface area contributed by atoms with Crippen molar-refractivity contribution >= 4 is 17.3 Å². The lowest BCUT2D eigenvalue weighted by Gasteiger charge is -2.13. The predicted molar refractivity (Wildman–Crippen MR) is 92.7 cm³/mol. The molecule has 5 nitrogen and oxygen atoms in total. The maximum absolute atomic E-state index is 12.4. The van der Waals surface area contributed by atoms with Crippen molar-refractivity contribution in [3.8, 4) is 11.3 Å². The number of nitrogens with zero attached hydrogens (tertiary/aromatic N) is 2. The molecular weight excluding hydrogens is 288 g/mol. The normalized spacial score (nSPS) is 10.3. The molecule has 2 aromatic carbocycles. The first-order chi connectivity index (χ1) is 11.1. The lowest BCUT2D eigenvalue weighted by Crippen LogP contribution is -2.14. The van der Waals surface area contributed by atoms with Crippen molar-refractivity contribution in [2.75, 3.05) is 24.3 Å². The molecule has 23 heavy (non-hydrogen) atoms. The minimum absolute atomic E-state index is 0.129. The molecule has 0 atom stereocenters. The van der Waals surface area contributed by atoms with Crippen molar-refractivity contribution in [3.63, 3.8) is 0 Å². The number of H-pyrrole nitrogens is 1. The molecule has 0 aliphatic heterocycles. The molecule has 0 spiro atoms. The van der Waals surface area contributed by atoms with Gasteiger partial charge in [0.05, 0.1) is 5.69 Å². The minimum atomic E-state index is -0.129. The van der Waals surface area contributed by atoms with Gasteiger partial charge in [0.25, 0.3) is 5.91 Å². The van der Waals surface area contributed by atoms with E-state index in [1.807, 2.05) is 67.5 Å². The first-order valence-corrected chi connectivity index (χ1v) is 7.32. The van der Waals surface area contributed by atoms with Gasteiger partial charge in [-0.15, -0.1) is 0 Å². The third kappa shape index (κ3) is 3.40. The summed E-state index contributed by atoms with van der Waals surface area (Å²) in [6.07, 6.45) is 1.70. The molecule has 3 rings (SSSR count). The van der Waals surface area contributed by atoms with E-state index in [4.69, 9.17) is 0 Å². The second-order valence-electron chi connectivity index (χ2n) is 5.45. The second kappa shape index (κ2) is 6.36. The highest BCUT2D eigenvalue weighted by molar-refractivity contribution is 6.05. The summed E-state index contributed by atoms with van der Waals surface area (Å²) in [7, 11) is 3.90. The standard InChI is InChI=1S/C18H18N4O/c1-22(2)16-8-4-6-14(12-16)18(23)20-15-7-3-5-13(11-15)17-9-10-19-21-17/h3-12H,1-2H3,(H,19,21)(H,20,23). The number of anilines is 2. The third-order valence-corrected chi connectivity index (χ3v) is 3.56. The van der Waals surface area contributed by atoms with E-state index in [1.165, 1.54) is 0 Å². The lowest BCUT2D eigenvalue weighted by atomic mass is 10.1. The van der Waals surface area contributed by atoms with Crippen molar-refractivity contribution < 1.29 is 4.79 Å². The molecule has 0 fully saturated rings. The summed E-state index contributed by atoms with van der Waals surface area (Å²) in [5, 5.41) is 9.80. The number of rotatable bonds is 4. The number of nitrogens with one attached hydrogen (secondary N) is 2. The van der Waals surface area contributed by atoms with Crippen molar-refractivity contribution in [3.05, 3.63) is 66.4 Å². The number of aromatic nitrogens is 2. The predicted octanol–water partition coefficient (Wildman–Crippen LogP) is 3.40. The Balaban J connectivity index is 1.80. The largest absolute Gasteiger partial charge is 0.378 e. The van der Waals surface area contributed by atoms with Gasteiger partial charge >= 0.3 is 0 Å². The van der Waals surface area contributed by atoms with Gasteiger partial charge in [-0.3, -0.25) is 9.89 Å². The van der Waals surface area contributed by atoms with E-state index in [1.54, 1.807) is 12.3 Å². The number of hydrogen-bond acceptors (Lipinski definition) is 3. The van der Waals surface area contributed by atoms with Crippen molar-refractivity contribution in [2.24, 2.45) is 0 Å². The molecule has 1 amide bonds. The van der Waals surface area contributed by atoms with Gasteiger partial charge in [0, 0.05) is 42.8 Å². The molecule has 0 radical (unpaired) electrons. The van der Waals surface area contributed by atoms with Gasteiger partial charge in [-0.05, 0) is 36.4 Å². The molecule has 1 aromatic heterocycles. The fraction of sp³-hybridized carbons (Fsp3) is 0.111. The van der Waals surface area contributed by atoms with Crippen molar-refractivity contribution in [2.45, 2.75) is 0 Å². The van der Waals surface area contributed by atoms with Crippen LogP contribution in [0.15, 0.2) is 60.8 Å². The van der Waals surface area contributed by atoms with Crippen LogP contribution in [0.1, 0.15) is 10.4 Å². The molecule has 5 heteroatoms. The van der Waals surface area contributed by atoms with Gasteiger partial charge in [-0.25, -0.2) is 0 Å². The highest BCUT2D eigenvalue weighted by Crippen LogP contribution is 2.21. The summed E-state index contributed by atoms with van der Waals surface area (Å²) < 4.78 is 0. The summed E-state index contributed by atoms with van der Waals surface area (Å²) in [6, 6.07) is 17.1. The number of amides is 1. The number of benzene rings is 2. The van der Waals surface area contributed by atoms with E-state index in [2.05, 4.69) is 15.5 Å². The fourth-order valence-corrected chi connectivity index (χ4v) is 2.31. The van der Waals surface area contributed by atoms with Crippen LogP contribution in [0.2, 0.25) is 0 Å². The van der Waals surface area contributed by atoms with E-state index in [9.17, 15) is 4.79 Å². The van der Waals surface area contributed by atoms with Crippen LogP contribution in [-0.4, -0.2) is 30.2 Å². The monoisotopic (exact) mass is 306 g/mol. The van der Waals surface area contributed by atoms with Crippen molar-refractivity contribution in [1.29, 1.82) is 0 Å². The van der Waals surface area contributed by atoms with Crippen LogP contribution < -0.4 is 10.2 Å². The molecule has 0 saturated heterocycles. The van der Waals surface area contributed by atoms with E-state index in [-0.39, 0.29) is 5.91 Å². The quantitative estimate of drug-likeness (QED) is 0.776. The highest BCUT2D eigenvalue weighted by atomic mass is 16.1. The highest BCUT2D eigenvalue weighted by Gasteiger charge is 2.08. The van der Waals surface area contributed by atoms with Gasteiger partial charge in [-0.2, -0.15) is 5.10 Å². The SMILES string of the molecule is CN(C)c1cccc(C(=O)Nc2cccc(-c3ccn[nH]3)c2)c1. The number of carbonyl (C=O) groups excluding carboxylic acids is 1. The average Bonchev–Trinajstić information content (AvgIpc) is 3.10. The van der Waals surface area contributed by atoms with E-state index in [0.717, 1.165) is 22.6 Å². The van der Waals surface area contributed by atoms with Gasteiger partial charge in [0.2, 0.25) is 0 Å². The molecule has 0 unspecified atom stereocenters. The van der Waals surface area contributed by atoms with Gasteiger partial charge in [-0.1, -0.05) is 18.2 Å². The van der Waals surface area contributed by atoms with Crippen molar-refractivity contribution in [1.82, 2.24) is 10.2 Å². The Morgan fingerprint density at radius 2 is 1.91 bits per heavy atom. The van der Waals surface area contributed by atoms with Crippen LogP contribution in [-0.2, 0) is 0 Å². The smallest absolute Gasteiger partial charge is 0.255 e. The Labute approximate surface area is 135 Å².